The van der Waals surface area contributed by atoms with Crippen LogP contribution in [0.1, 0.15) is 271 Å². The van der Waals surface area contributed by atoms with E-state index in [-0.39, 0.29) is 31.6 Å². The maximum Gasteiger partial charge on any atom is 0.310 e. The third kappa shape index (κ3) is 55.3. The molecule has 0 spiro atoms. The van der Waals surface area contributed by atoms with E-state index in [1.807, 2.05) is 6.08 Å². The molecular weight excluding hydrogens is 865 g/mol. The number of esters is 3. The van der Waals surface area contributed by atoms with Crippen molar-refractivity contribution in [3.63, 3.8) is 0 Å². The monoisotopic (exact) mass is 973 g/mol. The average molecular weight is 974 g/mol. The number of ether oxygens (including phenoxy) is 3. The van der Waals surface area contributed by atoms with Gasteiger partial charge in [-0.25, -0.2) is 0 Å². The lowest BCUT2D eigenvalue weighted by molar-refractivity contribution is -0.166. The zero-order valence-electron chi connectivity index (χ0n) is 45.8. The Bertz CT molecular complexity index is 1400. The molecule has 0 radical (unpaired) electrons. The zero-order valence-corrected chi connectivity index (χ0v) is 45.8. The van der Waals surface area contributed by atoms with Gasteiger partial charge in [0.2, 0.25) is 0 Å². The summed E-state index contributed by atoms with van der Waals surface area (Å²) in [6.45, 7) is 6.43. The van der Waals surface area contributed by atoms with Crippen molar-refractivity contribution in [2.75, 3.05) is 13.2 Å². The van der Waals surface area contributed by atoms with Gasteiger partial charge in [0.05, 0.1) is 6.42 Å². The average Bonchev–Trinajstić information content (AvgIpc) is 3.36. The van der Waals surface area contributed by atoms with E-state index in [9.17, 15) is 14.4 Å². The third-order valence-electron chi connectivity index (χ3n) is 12.4. The Kier molecular flexibility index (Phi) is 54.9. The van der Waals surface area contributed by atoms with Gasteiger partial charge in [0.1, 0.15) is 13.2 Å². The largest absolute Gasteiger partial charge is 0.462 e. The van der Waals surface area contributed by atoms with Gasteiger partial charge in [-0.3, -0.25) is 14.4 Å². The van der Waals surface area contributed by atoms with Crippen LogP contribution in [0.25, 0.3) is 0 Å². The SMILES string of the molecule is CC/C=C\C/C=C\C/C=C\C/C=C\C/C=C\CC(=O)OC(COC(=O)CCCCCCCCCCCC/C=C\C/C=C\C/C=C\CCCCCCC)COC(=O)CCCCCCCCCCCCCC. The van der Waals surface area contributed by atoms with E-state index in [0.717, 1.165) is 83.5 Å². The van der Waals surface area contributed by atoms with Gasteiger partial charge in [-0.15, -0.1) is 0 Å². The first-order chi connectivity index (χ1) is 34.5. The van der Waals surface area contributed by atoms with Gasteiger partial charge in [0, 0.05) is 12.8 Å². The zero-order chi connectivity index (χ0) is 50.7. The molecule has 0 saturated heterocycles. The van der Waals surface area contributed by atoms with E-state index in [4.69, 9.17) is 14.2 Å². The molecule has 0 aliphatic heterocycles. The molecule has 70 heavy (non-hydrogen) atoms. The Hall–Kier alpha value is -3.67. The van der Waals surface area contributed by atoms with Crippen LogP contribution in [-0.4, -0.2) is 37.2 Å². The summed E-state index contributed by atoms with van der Waals surface area (Å²) in [7, 11) is 0. The second-order valence-electron chi connectivity index (χ2n) is 19.2. The molecule has 0 aliphatic carbocycles. The summed E-state index contributed by atoms with van der Waals surface area (Å²) in [5.74, 6) is -1.05. The van der Waals surface area contributed by atoms with Crippen molar-refractivity contribution in [2.24, 2.45) is 0 Å². The van der Waals surface area contributed by atoms with Crippen molar-refractivity contribution < 1.29 is 28.6 Å². The third-order valence-corrected chi connectivity index (χ3v) is 12.4. The Labute approximate surface area is 432 Å². The molecule has 400 valence electrons. The van der Waals surface area contributed by atoms with E-state index >= 15 is 0 Å². The fourth-order valence-corrected chi connectivity index (χ4v) is 8.00. The minimum absolute atomic E-state index is 0.0959. The van der Waals surface area contributed by atoms with Gasteiger partial charge >= 0.3 is 17.9 Å². The molecule has 0 fully saturated rings. The fourth-order valence-electron chi connectivity index (χ4n) is 8.00. The van der Waals surface area contributed by atoms with Crippen LogP contribution in [0.5, 0.6) is 0 Å². The molecule has 0 saturated carbocycles. The molecular formula is C64H108O6. The fraction of sp³-hybridized carbons (Fsp3) is 0.703. The lowest BCUT2D eigenvalue weighted by atomic mass is 10.0. The molecule has 6 heteroatoms. The second kappa shape index (κ2) is 57.9. The standard InChI is InChI=1S/C64H108O6/c1-4-7-10-13-16-19-22-25-27-28-29-30-31-32-33-34-35-36-38-39-42-45-48-51-54-57-63(66)69-60-61(59-68-62(65)56-53-50-47-44-41-24-21-18-15-12-9-6-3)70-64(67)58-55-52-49-46-43-40-37-26-23-20-17-14-11-8-5-2/h8,11,17,20,22,25-26,28-29,31-32,37,43,46,52,55,61H,4-7,9-10,12-16,18-19,21,23-24,27,30,33-36,38-42,44-45,47-51,53-54,56-60H2,1-3H3/b11-8-,20-17-,25-22-,29-28-,32-31-,37-26-,46-43-,55-52-. The number of hydrogen-bond acceptors (Lipinski definition) is 6. The van der Waals surface area contributed by atoms with Gasteiger partial charge in [0.25, 0.3) is 0 Å². The molecule has 6 nitrogen and oxygen atoms in total. The minimum atomic E-state index is -0.832. The number of carbonyl (C=O) groups excluding carboxylic acids is 3. The van der Waals surface area contributed by atoms with E-state index in [1.54, 1.807) is 6.08 Å². The van der Waals surface area contributed by atoms with E-state index in [2.05, 4.69) is 106 Å². The van der Waals surface area contributed by atoms with Crippen molar-refractivity contribution >= 4 is 17.9 Å². The Morgan fingerprint density at radius 2 is 0.600 bits per heavy atom. The Balaban J connectivity index is 4.37. The van der Waals surface area contributed by atoms with Crippen molar-refractivity contribution in [3.8, 4) is 0 Å². The van der Waals surface area contributed by atoms with E-state index in [1.165, 1.54) is 148 Å². The highest BCUT2D eigenvalue weighted by atomic mass is 16.6. The lowest BCUT2D eigenvalue weighted by Gasteiger charge is -2.18. The first-order valence-electron chi connectivity index (χ1n) is 29.2. The molecule has 1 atom stereocenters. The predicted molar refractivity (Wildman–Crippen MR) is 302 cm³/mol. The molecule has 0 heterocycles. The smallest absolute Gasteiger partial charge is 0.310 e. The maximum atomic E-state index is 12.8. The predicted octanol–water partition coefficient (Wildman–Crippen LogP) is 19.7. The first-order valence-corrected chi connectivity index (χ1v) is 29.2. The van der Waals surface area contributed by atoms with Crippen molar-refractivity contribution in [1.29, 1.82) is 0 Å². The van der Waals surface area contributed by atoms with Crippen LogP contribution in [0.4, 0.5) is 0 Å². The maximum absolute atomic E-state index is 12.8. The van der Waals surface area contributed by atoms with Crippen LogP contribution >= 0.6 is 0 Å². The molecule has 0 rings (SSSR count). The number of rotatable bonds is 52. The van der Waals surface area contributed by atoms with Crippen LogP contribution in [0.3, 0.4) is 0 Å². The number of allylic oxidation sites excluding steroid dienone is 15. The van der Waals surface area contributed by atoms with Gasteiger partial charge in [0.15, 0.2) is 6.10 Å². The topological polar surface area (TPSA) is 78.9 Å². The van der Waals surface area contributed by atoms with Crippen LogP contribution in [0.2, 0.25) is 0 Å². The van der Waals surface area contributed by atoms with E-state index < -0.39 is 12.1 Å². The minimum Gasteiger partial charge on any atom is -0.462 e. The molecule has 0 aromatic rings. The number of unbranched alkanes of at least 4 members (excludes halogenated alkanes) is 26. The molecule has 0 aromatic carbocycles. The normalized spacial score (nSPS) is 12.8. The van der Waals surface area contributed by atoms with E-state index in [0.29, 0.717) is 12.8 Å². The van der Waals surface area contributed by atoms with Crippen LogP contribution in [0, 0.1) is 0 Å². The van der Waals surface area contributed by atoms with Crippen molar-refractivity contribution in [2.45, 2.75) is 277 Å². The molecule has 0 bridgehead atoms. The van der Waals surface area contributed by atoms with Gasteiger partial charge in [-0.1, -0.05) is 266 Å². The summed E-state index contributed by atoms with van der Waals surface area (Å²) < 4.78 is 16.7. The molecule has 1 unspecified atom stereocenters. The quantitative estimate of drug-likeness (QED) is 0.0262. The summed E-state index contributed by atoms with van der Waals surface area (Å²) in [5.41, 5.74) is 0. The highest BCUT2D eigenvalue weighted by Crippen LogP contribution is 2.15. The number of carbonyl (C=O) groups is 3. The molecule has 0 N–H and O–H groups in total. The molecule has 0 aliphatic rings. The second-order valence-corrected chi connectivity index (χ2v) is 19.2. The summed E-state index contributed by atoms with van der Waals surface area (Å²) >= 11 is 0. The van der Waals surface area contributed by atoms with Gasteiger partial charge in [-0.05, 0) is 83.5 Å². The van der Waals surface area contributed by atoms with Gasteiger partial charge < -0.3 is 14.2 Å². The van der Waals surface area contributed by atoms with Crippen LogP contribution in [-0.2, 0) is 28.6 Å². The van der Waals surface area contributed by atoms with Crippen LogP contribution < -0.4 is 0 Å². The van der Waals surface area contributed by atoms with Crippen molar-refractivity contribution in [1.82, 2.24) is 0 Å². The summed E-state index contributed by atoms with van der Waals surface area (Å²) in [5, 5.41) is 0. The molecule has 0 aromatic heterocycles. The summed E-state index contributed by atoms with van der Waals surface area (Å²) in [4.78, 5) is 38.0. The summed E-state index contributed by atoms with van der Waals surface area (Å²) in [6.07, 6.45) is 77.2. The molecule has 0 amide bonds. The van der Waals surface area contributed by atoms with Crippen LogP contribution in [0.15, 0.2) is 97.2 Å². The lowest BCUT2D eigenvalue weighted by Crippen LogP contribution is -2.30. The Morgan fingerprint density at radius 1 is 0.314 bits per heavy atom. The van der Waals surface area contributed by atoms with Gasteiger partial charge in [-0.2, -0.15) is 0 Å². The first kappa shape index (κ1) is 66.3. The summed E-state index contributed by atoms with van der Waals surface area (Å²) in [6, 6.07) is 0. The Morgan fingerprint density at radius 3 is 0.943 bits per heavy atom. The van der Waals surface area contributed by atoms with Crippen molar-refractivity contribution in [3.05, 3.63) is 97.2 Å². The highest BCUT2D eigenvalue weighted by Gasteiger charge is 2.19. The highest BCUT2D eigenvalue weighted by molar-refractivity contribution is 5.72. The number of hydrogen-bond donors (Lipinski definition) is 0.